The lowest BCUT2D eigenvalue weighted by atomic mass is 10.2. The maximum Gasteiger partial charge on any atom is 0.359 e. The van der Waals surface area contributed by atoms with Gasteiger partial charge in [-0.2, -0.15) is 0 Å². The van der Waals surface area contributed by atoms with Crippen molar-refractivity contribution in [2.45, 2.75) is 6.92 Å². The van der Waals surface area contributed by atoms with Gasteiger partial charge in [0.2, 0.25) is 5.91 Å². The van der Waals surface area contributed by atoms with E-state index in [-0.39, 0.29) is 5.69 Å². The summed E-state index contributed by atoms with van der Waals surface area (Å²) in [5, 5.41) is 4.08. The Balaban J connectivity index is 1.78. The van der Waals surface area contributed by atoms with Crippen molar-refractivity contribution < 1.29 is 32.3 Å². The van der Waals surface area contributed by atoms with E-state index < -0.39 is 54.1 Å². The van der Waals surface area contributed by atoms with Crippen molar-refractivity contribution in [3.63, 3.8) is 0 Å². The van der Waals surface area contributed by atoms with Crippen molar-refractivity contribution in [3.8, 4) is 0 Å². The molecule has 2 N–H and O–H groups in total. The summed E-state index contributed by atoms with van der Waals surface area (Å²) in [5.74, 6) is -7.30. The number of esters is 1. The summed E-state index contributed by atoms with van der Waals surface area (Å²) in [5.41, 5.74) is -0.0924. The molecule has 2 aromatic rings. The fraction of sp³-hybridized carbons (Fsp3) is 0.188. The van der Waals surface area contributed by atoms with Gasteiger partial charge in [0.15, 0.2) is 29.8 Å². The molecule has 0 aliphatic heterocycles. The highest BCUT2D eigenvalue weighted by Gasteiger charge is 2.16. The van der Waals surface area contributed by atoms with Crippen LogP contribution in [0, 0.1) is 24.4 Å². The lowest BCUT2D eigenvalue weighted by Gasteiger charge is -2.09. The number of halogens is 3. The van der Waals surface area contributed by atoms with Crippen LogP contribution in [0.25, 0.3) is 0 Å². The molecule has 0 saturated heterocycles. The molecular weight excluding hydrogens is 369 g/mol. The van der Waals surface area contributed by atoms with Crippen molar-refractivity contribution in [1.82, 2.24) is 15.3 Å². The van der Waals surface area contributed by atoms with Crippen LogP contribution in [0.5, 0.6) is 0 Å². The van der Waals surface area contributed by atoms with E-state index in [1.54, 1.807) is 6.92 Å². The number of nitrogens with zero attached hydrogens (tertiary/aromatic N) is 2. The Labute approximate surface area is 150 Å². The van der Waals surface area contributed by atoms with Crippen LogP contribution in [0.3, 0.4) is 0 Å². The Bertz CT molecular complexity index is 875. The van der Waals surface area contributed by atoms with E-state index in [0.717, 1.165) is 6.07 Å². The largest absolute Gasteiger partial charge is 0.451 e. The first kappa shape index (κ1) is 19.8. The van der Waals surface area contributed by atoms with E-state index in [2.05, 4.69) is 15.3 Å². The molecule has 8 nitrogen and oxygen atoms in total. The number of rotatable bonds is 6. The second-order valence-corrected chi connectivity index (χ2v) is 5.17. The fourth-order valence-corrected chi connectivity index (χ4v) is 1.75. The number of aryl methyl sites for hydroxylation is 1. The Hall–Kier alpha value is -3.50. The SMILES string of the molecule is Cc1cnc(C(=O)OCC(=O)NCC(=O)Nc2ccc(F)c(F)c2F)cn1. The summed E-state index contributed by atoms with van der Waals surface area (Å²) in [6.45, 7) is 0.368. The first-order valence-electron chi connectivity index (χ1n) is 7.43. The predicted octanol–water partition coefficient (Wildman–Crippen LogP) is 1.11. The highest BCUT2D eigenvalue weighted by atomic mass is 19.2. The first-order valence-corrected chi connectivity index (χ1v) is 7.43. The third-order valence-corrected chi connectivity index (χ3v) is 3.08. The average Bonchev–Trinajstić information content (AvgIpc) is 2.65. The molecule has 2 rings (SSSR count). The van der Waals surface area contributed by atoms with E-state index in [1.165, 1.54) is 12.4 Å². The van der Waals surface area contributed by atoms with Crippen molar-refractivity contribution in [2.75, 3.05) is 18.5 Å². The van der Waals surface area contributed by atoms with Gasteiger partial charge in [0.25, 0.3) is 5.91 Å². The number of aromatic nitrogens is 2. The lowest BCUT2D eigenvalue weighted by molar-refractivity contribution is -0.126. The van der Waals surface area contributed by atoms with Crippen LogP contribution in [-0.4, -0.2) is 40.9 Å². The summed E-state index contributed by atoms with van der Waals surface area (Å²) in [6, 6.07) is 1.47. The van der Waals surface area contributed by atoms with Gasteiger partial charge in [0, 0.05) is 6.20 Å². The molecule has 1 aromatic carbocycles. The molecule has 1 heterocycles. The summed E-state index contributed by atoms with van der Waals surface area (Å²) in [6.07, 6.45) is 2.53. The molecule has 0 unspecified atom stereocenters. The number of anilines is 1. The second kappa shape index (κ2) is 8.74. The zero-order chi connectivity index (χ0) is 20.0. The van der Waals surface area contributed by atoms with Gasteiger partial charge in [0.1, 0.15) is 0 Å². The van der Waals surface area contributed by atoms with Crippen LogP contribution in [0.15, 0.2) is 24.5 Å². The van der Waals surface area contributed by atoms with Gasteiger partial charge >= 0.3 is 5.97 Å². The topological polar surface area (TPSA) is 110 Å². The molecule has 0 aliphatic rings. The number of nitrogens with one attached hydrogen (secondary N) is 2. The number of ether oxygens (including phenoxy) is 1. The van der Waals surface area contributed by atoms with Gasteiger partial charge < -0.3 is 15.4 Å². The average molecular weight is 382 g/mol. The van der Waals surface area contributed by atoms with Gasteiger partial charge in [-0.05, 0) is 19.1 Å². The van der Waals surface area contributed by atoms with Crippen LogP contribution < -0.4 is 10.6 Å². The van der Waals surface area contributed by atoms with Crippen molar-refractivity contribution >= 4 is 23.5 Å². The first-order chi connectivity index (χ1) is 12.8. The van der Waals surface area contributed by atoms with Gasteiger partial charge in [0.05, 0.1) is 24.1 Å². The zero-order valence-electron chi connectivity index (χ0n) is 13.9. The monoisotopic (exact) mass is 382 g/mol. The minimum atomic E-state index is -1.73. The molecule has 11 heteroatoms. The van der Waals surface area contributed by atoms with Gasteiger partial charge in [-0.25, -0.2) is 22.9 Å². The van der Waals surface area contributed by atoms with E-state index >= 15 is 0 Å². The van der Waals surface area contributed by atoms with Gasteiger partial charge in [-0.1, -0.05) is 0 Å². The summed E-state index contributed by atoms with van der Waals surface area (Å²) in [7, 11) is 0. The van der Waals surface area contributed by atoms with Crippen LogP contribution in [0.1, 0.15) is 16.2 Å². The molecule has 0 saturated carbocycles. The minimum absolute atomic E-state index is 0.0973. The van der Waals surface area contributed by atoms with Crippen LogP contribution >= 0.6 is 0 Å². The molecule has 0 aliphatic carbocycles. The molecule has 142 valence electrons. The maximum atomic E-state index is 13.4. The molecule has 0 spiro atoms. The maximum absolute atomic E-state index is 13.4. The summed E-state index contributed by atoms with van der Waals surface area (Å²) in [4.78, 5) is 42.5. The quantitative estimate of drug-likeness (QED) is 0.572. The molecule has 0 radical (unpaired) electrons. The number of carbonyl (C=O) groups excluding carboxylic acids is 3. The molecular formula is C16H13F3N4O4. The van der Waals surface area contributed by atoms with Crippen molar-refractivity contribution in [3.05, 3.63) is 53.4 Å². The van der Waals surface area contributed by atoms with Crippen molar-refractivity contribution in [2.24, 2.45) is 0 Å². The number of carbonyl (C=O) groups is 3. The number of hydrogen-bond acceptors (Lipinski definition) is 6. The molecule has 0 atom stereocenters. The fourth-order valence-electron chi connectivity index (χ4n) is 1.75. The Morgan fingerprint density at radius 2 is 1.78 bits per heavy atom. The predicted molar refractivity (Wildman–Crippen MR) is 85.0 cm³/mol. The van der Waals surface area contributed by atoms with E-state index in [4.69, 9.17) is 4.74 Å². The number of hydrogen-bond donors (Lipinski definition) is 2. The molecule has 0 bridgehead atoms. The van der Waals surface area contributed by atoms with Crippen LogP contribution in [0.4, 0.5) is 18.9 Å². The minimum Gasteiger partial charge on any atom is -0.451 e. The Morgan fingerprint density at radius 1 is 1.04 bits per heavy atom. The Kier molecular flexibility index (Phi) is 6.41. The zero-order valence-corrected chi connectivity index (χ0v) is 13.9. The third kappa shape index (κ3) is 5.49. The number of benzene rings is 1. The lowest BCUT2D eigenvalue weighted by Crippen LogP contribution is -2.35. The van der Waals surface area contributed by atoms with Crippen LogP contribution in [-0.2, 0) is 14.3 Å². The summed E-state index contributed by atoms with van der Waals surface area (Å²) < 4.78 is 44.0. The van der Waals surface area contributed by atoms with E-state index in [1.807, 2.05) is 5.32 Å². The third-order valence-electron chi connectivity index (χ3n) is 3.08. The number of amides is 2. The molecule has 27 heavy (non-hydrogen) atoms. The smallest absolute Gasteiger partial charge is 0.359 e. The second-order valence-electron chi connectivity index (χ2n) is 5.17. The summed E-state index contributed by atoms with van der Waals surface area (Å²) >= 11 is 0. The Morgan fingerprint density at radius 3 is 2.44 bits per heavy atom. The van der Waals surface area contributed by atoms with Crippen LogP contribution in [0.2, 0.25) is 0 Å². The van der Waals surface area contributed by atoms with Gasteiger partial charge in [-0.15, -0.1) is 0 Å². The highest BCUT2D eigenvalue weighted by Crippen LogP contribution is 2.19. The molecule has 0 fully saturated rings. The van der Waals surface area contributed by atoms with Gasteiger partial charge in [-0.3, -0.25) is 14.6 Å². The molecule has 1 aromatic heterocycles. The normalized spacial score (nSPS) is 10.2. The highest BCUT2D eigenvalue weighted by molar-refractivity contribution is 5.95. The molecule has 2 amide bonds. The van der Waals surface area contributed by atoms with E-state index in [0.29, 0.717) is 11.8 Å². The van der Waals surface area contributed by atoms with Crippen molar-refractivity contribution in [1.29, 1.82) is 0 Å². The van der Waals surface area contributed by atoms with E-state index in [9.17, 15) is 27.6 Å². The standard InChI is InChI=1S/C16H13F3N4O4/c1-8-4-21-11(5-20-8)16(26)27-7-13(25)22-6-12(24)23-10-3-2-9(17)14(18)15(10)19/h2-5H,6-7H2,1H3,(H,22,25)(H,23,24).